The Morgan fingerprint density at radius 1 is 0.909 bits per heavy atom. The lowest BCUT2D eigenvalue weighted by Crippen LogP contribution is -2.48. The molecule has 1 amide bonds. The second-order valence-corrected chi connectivity index (χ2v) is 11.5. The normalized spacial score (nSPS) is 22.6. The van der Waals surface area contributed by atoms with Crippen LogP contribution in [0.3, 0.4) is 0 Å². The van der Waals surface area contributed by atoms with E-state index in [1.165, 1.54) is 0 Å². The molecule has 1 heterocycles. The van der Waals surface area contributed by atoms with Gasteiger partial charge in [0.25, 0.3) is 5.91 Å². The molecule has 33 heavy (non-hydrogen) atoms. The van der Waals surface area contributed by atoms with Gasteiger partial charge in [-0.25, -0.2) is 13.1 Å². The molecule has 2 fully saturated rings. The summed E-state index contributed by atoms with van der Waals surface area (Å²) in [6.45, 7) is 1.83. The summed E-state index contributed by atoms with van der Waals surface area (Å²) in [4.78, 5) is 14.7. The zero-order valence-electron chi connectivity index (χ0n) is 18.3. The maximum absolute atomic E-state index is 12.7. The summed E-state index contributed by atoms with van der Waals surface area (Å²) in [5.41, 5.74) is 0.348. The number of amides is 1. The fourth-order valence-corrected chi connectivity index (χ4v) is 6.41. The molecule has 0 aromatic heterocycles. The van der Waals surface area contributed by atoms with E-state index in [2.05, 4.69) is 9.62 Å². The van der Waals surface area contributed by atoms with Gasteiger partial charge in [-0.3, -0.25) is 4.79 Å². The summed E-state index contributed by atoms with van der Waals surface area (Å²) < 4.78 is 33.8. The molecule has 178 valence electrons. The first-order chi connectivity index (χ1) is 15.8. The SMILES string of the molecule is O=C(NS(=O)(=O)C1CCC(N2CCC(Oc3ccc(Cl)c(Cl)c3)CC2)CC1)c1ccccc1. The standard InChI is InChI=1S/C24H28Cl2N2O4S/c25-22-11-8-20(16-23(22)26)32-19-12-14-28(15-13-19)18-6-9-21(10-7-18)33(30,31)27-24(29)17-4-2-1-3-5-17/h1-5,8,11,16,18-19,21H,6-7,9-10,12-15H2,(H,27,29). The number of piperidine rings is 1. The van der Waals surface area contributed by atoms with Crippen molar-refractivity contribution < 1.29 is 17.9 Å². The molecule has 0 atom stereocenters. The van der Waals surface area contributed by atoms with E-state index in [0.717, 1.165) is 44.5 Å². The molecule has 1 aliphatic heterocycles. The molecule has 0 bridgehead atoms. The van der Waals surface area contributed by atoms with Crippen LogP contribution < -0.4 is 9.46 Å². The topological polar surface area (TPSA) is 75.7 Å². The molecule has 4 rings (SSSR count). The number of benzene rings is 2. The van der Waals surface area contributed by atoms with Crippen molar-refractivity contribution in [2.24, 2.45) is 0 Å². The number of carbonyl (C=O) groups is 1. The monoisotopic (exact) mass is 510 g/mol. The second kappa shape index (κ2) is 10.6. The van der Waals surface area contributed by atoms with Crippen LogP contribution in [0.4, 0.5) is 0 Å². The lowest BCUT2D eigenvalue weighted by Gasteiger charge is -2.40. The molecular formula is C24H28Cl2N2O4S. The number of rotatable bonds is 6. The summed E-state index contributed by atoms with van der Waals surface area (Å²) in [7, 11) is -3.69. The zero-order valence-corrected chi connectivity index (χ0v) is 20.6. The minimum Gasteiger partial charge on any atom is -0.490 e. The van der Waals surface area contributed by atoms with Crippen LogP contribution in [0.2, 0.25) is 10.0 Å². The first kappa shape index (κ1) is 24.3. The highest BCUT2D eigenvalue weighted by Crippen LogP contribution is 2.31. The highest BCUT2D eigenvalue weighted by Gasteiger charge is 2.35. The first-order valence-electron chi connectivity index (χ1n) is 11.3. The molecule has 1 saturated carbocycles. The number of carbonyl (C=O) groups excluding carboxylic acids is 1. The number of sulfonamides is 1. The minimum absolute atomic E-state index is 0.128. The number of ether oxygens (including phenoxy) is 1. The average molecular weight is 511 g/mol. The summed E-state index contributed by atoms with van der Waals surface area (Å²) in [6.07, 6.45) is 4.68. The fraction of sp³-hybridized carbons (Fsp3) is 0.458. The van der Waals surface area contributed by atoms with Crippen molar-refractivity contribution in [3.63, 3.8) is 0 Å². The third kappa shape index (κ3) is 6.21. The number of hydrogen-bond donors (Lipinski definition) is 1. The van der Waals surface area contributed by atoms with Gasteiger partial charge in [0.05, 0.1) is 15.3 Å². The smallest absolute Gasteiger partial charge is 0.264 e. The summed E-state index contributed by atoms with van der Waals surface area (Å²) in [5.74, 6) is 0.160. The molecule has 2 aromatic rings. The van der Waals surface area contributed by atoms with Crippen molar-refractivity contribution in [3.05, 3.63) is 64.1 Å². The van der Waals surface area contributed by atoms with Gasteiger partial charge >= 0.3 is 0 Å². The minimum atomic E-state index is -3.69. The summed E-state index contributed by atoms with van der Waals surface area (Å²) in [6, 6.07) is 14.1. The third-order valence-electron chi connectivity index (χ3n) is 6.54. The molecule has 2 aromatic carbocycles. The van der Waals surface area contributed by atoms with E-state index >= 15 is 0 Å². The highest BCUT2D eigenvalue weighted by atomic mass is 35.5. The van der Waals surface area contributed by atoms with Crippen molar-refractivity contribution in [1.82, 2.24) is 9.62 Å². The number of nitrogens with zero attached hydrogens (tertiary/aromatic N) is 1. The second-order valence-electron chi connectivity index (χ2n) is 8.70. The molecular weight excluding hydrogens is 483 g/mol. The van der Waals surface area contributed by atoms with Gasteiger partial charge in [-0.05, 0) is 62.8 Å². The van der Waals surface area contributed by atoms with Gasteiger partial charge in [0.2, 0.25) is 10.0 Å². The van der Waals surface area contributed by atoms with Gasteiger partial charge in [-0.15, -0.1) is 0 Å². The third-order valence-corrected chi connectivity index (χ3v) is 9.10. The largest absolute Gasteiger partial charge is 0.490 e. The van der Waals surface area contributed by atoms with E-state index in [1.54, 1.807) is 42.5 Å². The Bertz CT molecular complexity index is 1070. The van der Waals surface area contributed by atoms with Crippen molar-refractivity contribution >= 4 is 39.1 Å². The van der Waals surface area contributed by atoms with Crippen molar-refractivity contribution in [1.29, 1.82) is 0 Å². The average Bonchev–Trinajstić information content (AvgIpc) is 2.82. The molecule has 0 spiro atoms. The van der Waals surface area contributed by atoms with E-state index in [0.29, 0.717) is 34.5 Å². The van der Waals surface area contributed by atoms with Gasteiger partial charge in [-0.1, -0.05) is 41.4 Å². The zero-order chi connectivity index (χ0) is 23.4. The van der Waals surface area contributed by atoms with Gasteiger partial charge < -0.3 is 9.64 Å². The van der Waals surface area contributed by atoms with Crippen LogP contribution in [0.5, 0.6) is 5.75 Å². The van der Waals surface area contributed by atoms with Crippen molar-refractivity contribution in [2.75, 3.05) is 13.1 Å². The predicted octanol–water partition coefficient (Wildman–Crippen LogP) is 4.91. The van der Waals surface area contributed by atoms with Gasteiger partial charge in [0.1, 0.15) is 11.9 Å². The number of nitrogens with one attached hydrogen (secondary N) is 1. The molecule has 9 heteroatoms. The lowest BCUT2D eigenvalue weighted by molar-refractivity contribution is 0.0633. The number of hydrogen-bond acceptors (Lipinski definition) is 5. The van der Waals surface area contributed by atoms with E-state index < -0.39 is 21.2 Å². The summed E-state index contributed by atoms with van der Waals surface area (Å²) in [5, 5.41) is 0.464. The van der Waals surface area contributed by atoms with Gasteiger partial charge in [0.15, 0.2) is 0 Å². The van der Waals surface area contributed by atoms with Crippen LogP contribution in [0.1, 0.15) is 48.9 Å². The fourth-order valence-electron chi connectivity index (χ4n) is 4.68. The molecule has 1 saturated heterocycles. The van der Waals surface area contributed by atoms with Crippen molar-refractivity contribution in [2.45, 2.75) is 55.9 Å². The Morgan fingerprint density at radius 3 is 2.21 bits per heavy atom. The van der Waals surface area contributed by atoms with Crippen LogP contribution in [-0.2, 0) is 10.0 Å². The quantitative estimate of drug-likeness (QED) is 0.597. The van der Waals surface area contributed by atoms with Gasteiger partial charge in [0, 0.05) is 30.8 Å². The van der Waals surface area contributed by atoms with Crippen LogP contribution in [0.15, 0.2) is 48.5 Å². The van der Waals surface area contributed by atoms with Crippen LogP contribution in [-0.4, -0.2) is 49.7 Å². The van der Waals surface area contributed by atoms with E-state index in [4.69, 9.17) is 27.9 Å². The van der Waals surface area contributed by atoms with Crippen LogP contribution in [0.25, 0.3) is 0 Å². The molecule has 0 radical (unpaired) electrons. The van der Waals surface area contributed by atoms with Crippen LogP contribution in [0, 0.1) is 0 Å². The molecule has 0 unspecified atom stereocenters. The number of halogens is 2. The van der Waals surface area contributed by atoms with Crippen LogP contribution >= 0.6 is 23.2 Å². The predicted molar refractivity (Wildman–Crippen MR) is 131 cm³/mol. The Kier molecular flexibility index (Phi) is 7.84. The van der Waals surface area contributed by atoms with E-state index in [-0.39, 0.29) is 6.10 Å². The molecule has 1 N–H and O–H groups in total. The summed E-state index contributed by atoms with van der Waals surface area (Å²) >= 11 is 12.0. The Labute approximate surface area is 205 Å². The maximum atomic E-state index is 12.7. The Balaban J connectivity index is 1.24. The lowest BCUT2D eigenvalue weighted by atomic mass is 9.92. The first-order valence-corrected chi connectivity index (χ1v) is 13.6. The maximum Gasteiger partial charge on any atom is 0.264 e. The van der Waals surface area contributed by atoms with Crippen molar-refractivity contribution in [3.8, 4) is 5.75 Å². The molecule has 6 nitrogen and oxygen atoms in total. The van der Waals surface area contributed by atoms with E-state index in [9.17, 15) is 13.2 Å². The molecule has 1 aliphatic carbocycles. The Hall–Kier alpha value is -1.80. The van der Waals surface area contributed by atoms with Gasteiger partial charge in [-0.2, -0.15) is 0 Å². The number of likely N-dealkylation sites (tertiary alicyclic amines) is 1. The Morgan fingerprint density at radius 2 is 1.58 bits per heavy atom. The highest BCUT2D eigenvalue weighted by molar-refractivity contribution is 7.90. The van der Waals surface area contributed by atoms with E-state index in [1.807, 2.05) is 6.07 Å². The molecule has 2 aliphatic rings.